The minimum atomic E-state index is 0.591. The molecule has 1 N–H and O–H groups in total. The quantitative estimate of drug-likeness (QED) is 0.822. The Balaban J connectivity index is 2.04. The molecule has 1 saturated heterocycles. The van der Waals surface area contributed by atoms with Gasteiger partial charge >= 0.3 is 0 Å². The lowest BCUT2D eigenvalue weighted by atomic mass is 10.1. The van der Waals surface area contributed by atoms with Crippen molar-refractivity contribution in [3.8, 4) is 0 Å². The molecule has 0 aliphatic carbocycles. The highest BCUT2D eigenvalue weighted by Gasteiger charge is 2.22. The van der Waals surface area contributed by atoms with Crippen molar-refractivity contribution in [3.05, 3.63) is 23.8 Å². The summed E-state index contributed by atoms with van der Waals surface area (Å²) in [6.45, 7) is 6.12. The fourth-order valence-electron chi connectivity index (χ4n) is 2.14. The number of nitrogens with one attached hydrogen (secondary N) is 1. The van der Waals surface area contributed by atoms with E-state index in [-0.39, 0.29) is 0 Å². The van der Waals surface area contributed by atoms with Gasteiger partial charge in [0, 0.05) is 24.4 Å². The first-order valence-electron chi connectivity index (χ1n) is 6.00. The van der Waals surface area contributed by atoms with Crippen LogP contribution in [0, 0.1) is 0 Å². The van der Waals surface area contributed by atoms with E-state index in [2.05, 4.69) is 40.2 Å². The van der Waals surface area contributed by atoms with Crippen molar-refractivity contribution in [1.82, 2.24) is 20.2 Å². The lowest BCUT2D eigenvalue weighted by Gasteiger charge is -2.10. The van der Waals surface area contributed by atoms with Crippen LogP contribution in [-0.4, -0.2) is 41.5 Å². The Bertz CT molecular complexity index is 340. The van der Waals surface area contributed by atoms with Crippen LogP contribution in [0.25, 0.3) is 0 Å². The maximum Gasteiger partial charge on any atom is 0.142 e. The molecule has 1 fully saturated rings. The second-order valence-corrected chi connectivity index (χ2v) is 4.43. The molecule has 0 bridgehead atoms. The van der Waals surface area contributed by atoms with Gasteiger partial charge in [-0.1, -0.05) is 6.92 Å². The summed E-state index contributed by atoms with van der Waals surface area (Å²) in [5.74, 6) is 1.50. The van der Waals surface area contributed by atoms with Gasteiger partial charge < -0.3 is 10.2 Å². The van der Waals surface area contributed by atoms with Gasteiger partial charge in [0.25, 0.3) is 0 Å². The lowest BCUT2D eigenvalue weighted by molar-refractivity contribution is 0.410. The van der Waals surface area contributed by atoms with E-state index >= 15 is 0 Å². The Hall–Kier alpha value is -1.00. The summed E-state index contributed by atoms with van der Waals surface area (Å²) < 4.78 is 0. The van der Waals surface area contributed by atoms with Crippen molar-refractivity contribution in [1.29, 1.82) is 0 Å². The van der Waals surface area contributed by atoms with Crippen molar-refractivity contribution in [3.63, 3.8) is 0 Å². The molecule has 2 rings (SSSR count). The van der Waals surface area contributed by atoms with E-state index in [9.17, 15) is 0 Å². The molecule has 2 heterocycles. The number of nitrogens with zero attached hydrogens (tertiary/aromatic N) is 3. The van der Waals surface area contributed by atoms with Gasteiger partial charge in [0.05, 0.1) is 6.54 Å². The first-order valence-corrected chi connectivity index (χ1v) is 6.00. The van der Waals surface area contributed by atoms with Crippen LogP contribution in [-0.2, 0) is 6.54 Å². The Morgan fingerprint density at radius 1 is 1.56 bits per heavy atom. The topological polar surface area (TPSA) is 41.1 Å². The zero-order valence-corrected chi connectivity index (χ0v) is 10.1. The molecule has 16 heavy (non-hydrogen) atoms. The van der Waals surface area contributed by atoms with E-state index in [1.807, 2.05) is 6.20 Å². The lowest BCUT2D eigenvalue weighted by Crippen LogP contribution is -2.16. The summed E-state index contributed by atoms with van der Waals surface area (Å²) >= 11 is 0. The zero-order chi connectivity index (χ0) is 11.4. The first-order chi connectivity index (χ1) is 7.79. The van der Waals surface area contributed by atoms with E-state index in [4.69, 9.17) is 0 Å². The second kappa shape index (κ2) is 5.37. The smallest absolute Gasteiger partial charge is 0.142 e. The predicted octanol–water partition coefficient (Wildman–Crippen LogP) is 1.01. The Morgan fingerprint density at radius 2 is 2.44 bits per heavy atom. The van der Waals surface area contributed by atoms with Crippen LogP contribution in [0.3, 0.4) is 0 Å². The third kappa shape index (κ3) is 2.77. The molecule has 0 amide bonds. The van der Waals surface area contributed by atoms with E-state index in [1.165, 1.54) is 18.7 Å². The number of hydrogen-bond donors (Lipinski definition) is 1. The molecule has 1 aliphatic heterocycles. The van der Waals surface area contributed by atoms with Crippen LogP contribution < -0.4 is 5.32 Å². The normalized spacial score (nSPS) is 21.5. The van der Waals surface area contributed by atoms with Gasteiger partial charge in [0.15, 0.2) is 0 Å². The SMILES string of the molecule is CCNCc1nccc(C2CCN(C)C2)n1. The highest BCUT2D eigenvalue weighted by atomic mass is 15.1. The van der Waals surface area contributed by atoms with E-state index in [1.54, 1.807) is 0 Å². The third-order valence-corrected chi connectivity index (χ3v) is 3.07. The van der Waals surface area contributed by atoms with E-state index in [0.29, 0.717) is 5.92 Å². The Kier molecular flexibility index (Phi) is 3.85. The molecule has 1 aliphatic rings. The summed E-state index contributed by atoms with van der Waals surface area (Å²) in [6.07, 6.45) is 3.10. The van der Waals surface area contributed by atoms with Gasteiger partial charge in [-0.15, -0.1) is 0 Å². The molecule has 4 nitrogen and oxygen atoms in total. The molecule has 1 unspecified atom stereocenters. The van der Waals surface area contributed by atoms with Crippen molar-refractivity contribution >= 4 is 0 Å². The van der Waals surface area contributed by atoms with Crippen LogP contribution in [0.1, 0.15) is 30.8 Å². The molecule has 0 saturated carbocycles. The molecule has 0 spiro atoms. The zero-order valence-electron chi connectivity index (χ0n) is 10.1. The fourth-order valence-corrected chi connectivity index (χ4v) is 2.14. The van der Waals surface area contributed by atoms with Crippen molar-refractivity contribution in [2.75, 3.05) is 26.7 Å². The number of aromatic nitrogens is 2. The minimum Gasteiger partial charge on any atom is -0.310 e. The molecule has 0 aromatic carbocycles. The van der Waals surface area contributed by atoms with E-state index < -0.39 is 0 Å². The maximum absolute atomic E-state index is 4.63. The maximum atomic E-state index is 4.63. The number of hydrogen-bond acceptors (Lipinski definition) is 4. The standard InChI is InChI=1S/C12H20N4/c1-3-13-8-12-14-6-4-11(15-12)10-5-7-16(2)9-10/h4,6,10,13H,3,5,7-9H2,1-2H3. The average Bonchev–Trinajstić information content (AvgIpc) is 2.74. The van der Waals surface area contributed by atoms with Crippen LogP contribution in [0.15, 0.2) is 12.3 Å². The number of rotatable bonds is 4. The molecule has 1 aromatic heterocycles. The molecular weight excluding hydrogens is 200 g/mol. The van der Waals surface area contributed by atoms with Gasteiger partial charge in [-0.05, 0) is 32.6 Å². The van der Waals surface area contributed by atoms with Crippen molar-refractivity contribution in [2.24, 2.45) is 0 Å². The van der Waals surface area contributed by atoms with Crippen LogP contribution >= 0.6 is 0 Å². The Labute approximate surface area is 97.1 Å². The molecule has 4 heteroatoms. The number of likely N-dealkylation sites (N-methyl/N-ethyl adjacent to an activating group) is 1. The molecule has 0 radical (unpaired) electrons. The van der Waals surface area contributed by atoms with Gasteiger partial charge in [-0.2, -0.15) is 0 Å². The summed E-state index contributed by atoms with van der Waals surface area (Å²) in [5.41, 5.74) is 1.20. The second-order valence-electron chi connectivity index (χ2n) is 4.43. The third-order valence-electron chi connectivity index (χ3n) is 3.07. The largest absolute Gasteiger partial charge is 0.310 e. The van der Waals surface area contributed by atoms with Crippen LogP contribution in [0.5, 0.6) is 0 Å². The Morgan fingerprint density at radius 3 is 3.12 bits per heavy atom. The van der Waals surface area contributed by atoms with E-state index in [0.717, 1.165) is 25.5 Å². The summed E-state index contributed by atoms with van der Waals surface area (Å²) in [4.78, 5) is 11.3. The van der Waals surface area contributed by atoms with Crippen LogP contribution in [0.4, 0.5) is 0 Å². The highest BCUT2D eigenvalue weighted by Crippen LogP contribution is 2.24. The molecule has 88 valence electrons. The van der Waals surface area contributed by atoms with Gasteiger partial charge in [-0.25, -0.2) is 9.97 Å². The number of likely N-dealkylation sites (tertiary alicyclic amines) is 1. The first kappa shape index (κ1) is 11.5. The fraction of sp³-hybridized carbons (Fsp3) is 0.667. The molecular formula is C12H20N4. The minimum absolute atomic E-state index is 0.591. The van der Waals surface area contributed by atoms with Crippen LogP contribution in [0.2, 0.25) is 0 Å². The summed E-state index contributed by atoms with van der Waals surface area (Å²) in [7, 11) is 2.17. The van der Waals surface area contributed by atoms with Crippen molar-refractivity contribution in [2.45, 2.75) is 25.8 Å². The summed E-state index contributed by atoms with van der Waals surface area (Å²) in [6, 6.07) is 2.05. The summed E-state index contributed by atoms with van der Waals surface area (Å²) in [5, 5.41) is 3.26. The predicted molar refractivity (Wildman–Crippen MR) is 64.3 cm³/mol. The van der Waals surface area contributed by atoms with Gasteiger partial charge in [0.1, 0.15) is 5.82 Å². The average molecular weight is 220 g/mol. The highest BCUT2D eigenvalue weighted by molar-refractivity contribution is 5.11. The van der Waals surface area contributed by atoms with Gasteiger partial charge in [-0.3, -0.25) is 0 Å². The van der Waals surface area contributed by atoms with Gasteiger partial charge in [0.2, 0.25) is 0 Å². The molecule has 1 aromatic rings. The van der Waals surface area contributed by atoms with Crippen molar-refractivity contribution < 1.29 is 0 Å². The molecule has 1 atom stereocenters. The monoisotopic (exact) mass is 220 g/mol.